The maximum Gasteiger partial charge on any atom is 0.422 e. The van der Waals surface area contributed by atoms with E-state index in [9.17, 15) is 18.0 Å². The van der Waals surface area contributed by atoms with Crippen LogP contribution in [0.5, 0.6) is 5.88 Å². The Kier molecular flexibility index (Phi) is 5.63. The summed E-state index contributed by atoms with van der Waals surface area (Å²) in [6.07, 6.45) is 0.318. The van der Waals surface area contributed by atoms with Crippen LogP contribution in [0, 0.1) is 5.92 Å². The van der Waals surface area contributed by atoms with Crippen molar-refractivity contribution in [3.05, 3.63) is 36.0 Å². The van der Waals surface area contributed by atoms with Crippen LogP contribution in [0.25, 0.3) is 0 Å². The molecule has 4 nitrogen and oxygen atoms in total. The molecule has 1 fully saturated rings. The molecule has 0 aromatic carbocycles. The lowest BCUT2D eigenvalue weighted by Crippen LogP contribution is -2.23. The van der Waals surface area contributed by atoms with E-state index in [4.69, 9.17) is 0 Å². The van der Waals surface area contributed by atoms with Gasteiger partial charge in [-0.05, 0) is 36.8 Å². The summed E-state index contributed by atoms with van der Waals surface area (Å²) in [6.45, 7) is 2.79. The molecule has 0 radical (unpaired) electrons. The van der Waals surface area contributed by atoms with Crippen LogP contribution in [-0.2, 0) is 11.3 Å². The minimum Gasteiger partial charge on any atom is -0.468 e. The van der Waals surface area contributed by atoms with Crippen molar-refractivity contribution in [1.82, 2.24) is 10.3 Å². The Labute approximate surface area is 132 Å². The van der Waals surface area contributed by atoms with E-state index >= 15 is 0 Å². The summed E-state index contributed by atoms with van der Waals surface area (Å²) < 4.78 is 40.8. The molecule has 2 rings (SSSR count). The molecular weight excluding hydrogens is 309 g/mol. The van der Waals surface area contributed by atoms with Gasteiger partial charge in [-0.15, -0.1) is 0 Å². The van der Waals surface area contributed by atoms with Gasteiger partial charge in [-0.1, -0.05) is 12.2 Å². The molecule has 0 saturated heterocycles. The van der Waals surface area contributed by atoms with Crippen molar-refractivity contribution in [3.8, 4) is 5.88 Å². The van der Waals surface area contributed by atoms with Crippen LogP contribution >= 0.6 is 0 Å². The van der Waals surface area contributed by atoms with Gasteiger partial charge in [0.15, 0.2) is 6.61 Å². The number of alkyl halides is 3. The zero-order valence-corrected chi connectivity index (χ0v) is 12.7. The van der Waals surface area contributed by atoms with E-state index < -0.39 is 12.8 Å². The molecule has 1 heterocycles. The standard InChI is InChI=1S/C16H19F3N2O2/c1-11(13-3-4-13)2-5-14(22)21-9-12-6-7-20-15(8-12)23-10-16(17,18)19/h6-8,13H,1-5,9-10H2,(H,21,22). The normalized spacial score (nSPS) is 14.4. The van der Waals surface area contributed by atoms with Crippen molar-refractivity contribution in [2.45, 2.75) is 38.4 Å². The Bertz CT molecular complexity index is 569. The van der Waals surface area contributed by atoms with Gasteiger partial charge in [-0.25, -0.2) is 4.98 Å². The number of carbonyl (C=O) groups is 1. The third kappa shape index (κ3) is 6.71. The lowest BCUT2D eigenvalue weighted by atomic mass is 10.1. The van der Waals surface area contributed by atoms with Crippen molar-refractivity contribution in [3.63, 3.8) is 0 Å². The number of ether oxygens (including phenoxy) is 1. The highest BCUT2D eigenvalue weighted by Crippen LogP contribution is 2.37. The Morgan fingerprint density at radius 2 is 2.13 bits per heavy atom. The predicted molar refractivity (Wildman–Crippen MR) is 78.7 cm³/mol. The van der Waals surface area contributed by atoms with Gasteiger partial charge in [0.2, 0.25) is 11.8 Å². The molecule has 7 heteroatoms. The lowest BCUT2D eigenvalue weighted by molar-refractivity contribution is -0.154. The summed E-state index contributed by atoms with van der Waals surface area (Å²) in [7, 11) is 0. The fourth-order valence-corrected chi connectivity index (χ4v) is 2.05. The number of pyridine rings is 1. The molecule has 1 aliphatic carbocycles. The summed E-state index contributed by atoms with van der Waals surface area (Å²) in [6, 6.07) is 3.00. The molecule has 0 aliphatic heterocycles. The lowest BCUT2D eigenvalue weighted by Gasteiger charge is -2.10. The Morgan fingerprint density at radius 3 is 2.78 bits per heavy atom. The number of rotatable bonds is 8. The molecule has 0 atom stereocenters. The SMILES string of the molecule is C=C(CCC(=O)NCc1ccnc(OCC(F)(F)F)c1)C1CC1. The fourth-order valence-electron chi connectivity index (χ4n) is 2.05. The van der Waals surface area contributed by atoms with Gasteiger partial charge in [0.05, 0.1) is 0 Å². The second-order valence-corrected chi connectivity index (χ2v) is 5.62. The van der Waals surface area contributed by atoms with Crippen LogP contribution in [0.4, 0.5) is 13.2 Å². The van der Waals surface area contributed by atoms with E-state index in [-0.39, 0.29) is 18.3 Å². The minimum atomic E-state index is -4.41. The third-order valence-electron chi connectivity index (χ3n) is 3.50. The van der Waals surface area contributed by atoms with Crippen molar-refractivity contribution < 1.29 is 22.7 Å². The van der Waals surface area contributed by atoms with Crippen LogP contribution in [0.1, 0.15) is 31.2 Å². The number of nitrogens with one attached hydrogen (secondary N) is 1. The van der Waals surface area contributed by atoms with Gasteiger partial charge < -0.3 is 10.1 Å². The highest BCUT2D eigenvalue weighted by atomic mass is 19.4. The first-order valence-electron chi connectivity index (χ1n) is 7.42. The molecule has 0 spiro atoms. The Morgan fingerprint density at radius 1 is 1.39 bits per heavy atom. The molecular formula is C16H19F3N2O2. The number of allylic oxidation sites excluding steroid dienone is 1. The first-order valence-corrected chi connectivity index (χ1v) is 7.42. The number of nitrogens with zero attached hydrogens (tertiary/aromatic N) is 1. The number of aromatic nitrogens is 1. The van der Waals surface area contributed by atoms with Gasteiger partial charge in [0.1, 0.15) is 0 Å². The number of hydrogen-bond donors (Lipinski definition) is 1. The van der Waals surface area contributed by atoms with E-state index in [0.717, 1.165) is 18.4 Å². The van der Waals surface area contributed by atoms with Gasteiger partial charge >= 0.3 is 6.18 Å². The first-order chi connectivity index (χ1) is 10.8. The van der Waals surface area contributed by atoms with E-state index in [2.05, 4.69) is 21.6 Å². The predicted octanol–water partition coefficient (Wildman–Crippen LogP) is 3.39. The molecule has 23 heavy (non-hydrogen) atoms. The van der Waals surface area contributed by atoms with E-state index in [1.807, 2.05) is 0 Å². The molecule has 1 aromatic rings. The van der Waals surface area contributed by atoms with Crippen molar-refractivity contribution >= 4 is 5.91 Å². The maximum absolute atomic E-state index is 12.1. The molecule has 1 amide bonds. The molecule has 126 valence electrons. The van der Waals surface area contributed by atoms with Crippen molar-refractivity contribution in [2.24, 2.45) is 5.92 Å². The van der Waals surface area contributed by atoms with Gasteiger partial charge in [0.25, 0.3) is 0 Å². The highest BCUT2D eigenvalue weighted by Gasteiger charge is 2.28. The van der Waals surface area contributed by atoms with Gasteiger partial charge in [-0.3, -0.25) is 4.79 Å². The fraction of sp³-hybridized carbons (Fsp3) is 0.500. The highest BCUT2D eigenvalue weighted by molar-refractivity contribution is 5.76. The van der Waals surface area contributed by atoms with Crippen LogP contribution in [0.2, 0.25) is 0 Å². The summed E-state index contributed by atoms with van der Waals surface area (Å²) in [5.74, 6) is 0.355. The van der Waals surface area contributed by atoms with E-state index in [1.165, 1.54) is 12.3 Å². The minimum absolute atomic E-state index is 0.110. The van der Waals surface area contributed by atoms with E-state index in [1.54, 1.807) is 6.07 Å². The topological polar surface area (TPSA) is 51.2 Å². The zero-order valence-electron chi connectivity index (χ0n) is 12.7. The summed E-state index contributed by atoms with van der Waals surface area (Å²) >= 11 is 0. The third-order valence-corrected chi connectivity index (χ3v) is 3.50. The van der Waals surface area contributed by atoms with Crippen LogP contribution in [0.15, 0.2) is 30.5 Å². The molecule has 1 aliphatic rings. The second-order valence-electron chi connectivity index (χ2n) is 5.62. The number of hydrogen-bond acceptors (Lipinski definition) is 3. The second kappa shape index (κ2) is 7.48. The van der Waals surface area contributed by atoms with Gasteiger partial charge in [0, 0.05) is 25.2 Å². The smallest absolute Gasteiger partial charge is 0.422 e. The van der Waals surface area contributed by atoms with Crippen molar-refractivity contribution in [1.29, 1.82) is 0 Å². The monoisotopic (exact) mass is 328 g/mol. The Hall–Kier alpha value is -2.05. The van der Waals surface area contributed by atoms with Crippen LogP contribution in [0.3, 0.4) is 0 Å². The molecule has 0 unspecified atom stereocenters. The van der Waals surface area contributed by atoms with Crippen molar-refractivity contribution in [2.75, 3.05) is 6.61 Å². The number of carbonyl (C=O) groups excluding carboxylic acids is 1. The molecule has 1 saturated carbocycles. The largest absolute Gasteiger partial charge is 0.468 e. The van der Waals surface area contributed by atoms with E-state index in [0.29, 0.717) is 24.3 Å². The molecule has 1 aromatic heterocycles. The molecule has 1 N–H and O–H groups in total. The average molecular weight is 328 g/mol. The molecule has 0 bridgehead atoms. The zero-order chi connectivity index (χ0) is 16.9. The summed E-state index contributed by atoms with van der Waals surface area (Å²) in [4.78, 5) is 15.5. The maximum atomic E-state index is 12.1. The quantitative estimate of drug-likeness (QED) is 0.744. The number of halogens is 3. The first kappa shape index (κ1) is 17.3. The summed E-state index contributed by atoms with van der Waals surface area (Å²) in [5, 5.41) is 2.73. The average Bonchev–Trinajstić information content (AvgIpc) is 3.33. The number of amides is 1. The van der Waals surface area contributed by atoms with Gasteiger partial charge in [-0.2, -0.15) is 13.2 Å². The van der Waals surface area contributed by atoms with Crippen LogP contribution in [-0.4, -0.2) is 23.7 Å². The summed E-state index contributed by atoms with van der Waals surface area (Å²) in [5.41, 5.74) is 1.75. The Balaban J connectivity index is 1.73. The van der Waals surface area contributed by atoms with Crippen LogP contribution < -0.4 is 10.1 Å².